The van der Waals surface area contributed by atoms with E-state index >= 15 is 0 Å². The molecule has 0 saturated heterocycles. The Balaban J connectivity index is 1.97. The van der Waals surface area contributed by atoms with E-state index < -0.39 is 0 Å². The quantitative estimate of drug-likeness (QED) is 0.494. The van der Waals surface area contributed by atoms with Crippen LogP contribution in [0.15, 0.2) is 15.9 Å². The van der Waals surface area contributed by atoms with Gasteiger partial charge in [0.2, 0.25) is 0 Å². The largest absolute Gasteiger partial charge is 0.133 e. The first kappa shape index (κ1) is 12.1. The van der Waals surface area contributed by atoms with Gasteiger partial charge in [0, 0.05) is 9.70 Å². The Morgan fingerprint density at radius 1 is 1.20 bits per heavy atom. The molecule has 15 heavy (non-hydrogen) atoms. The van der Waals surface area contributed by atoms with Crippen LogP contribution in [0.2, 0.25) is 0 Å². The van der Waals surface area contributed by atoms with E-state index in [0.29, 0.717) is 0 Å². The van der Waals surface area contributed by atoms with Crippen LogP contribution in [0.25, 0.3) is 0 Å². The summed E-state index contributed by atoms with van der Waals surface area (Å²) in [7, 11) is 0. The highest BCUT2D eigenvalue weighted by molar-refractivity contribution is 9.11. The lowest BCUT2D eigenvalue weighted by Gasteiger charge is -2.18. The molecule has 0 bridgehead atoms. The van der Waals surface area contributed by atoms with E-state index in [1.807, 2.05) is 11.3 Å². The summed E-state index contributed by atoms with van der Waals surface area (Å²) in [4.78, 5) is 2.26. The third-order valence-electron chi connectivity index (χ3n) is 3.16. The predicted octanol–water partition coefficient (Wildman–Crippen LogP) is 5.40. The molecule has 0 aliphatic heterocycles. The van der Waals surface area contributed by atoms with E-state index in [9.17, 15) is 0 Å². The van der Waals surface area contributed by atoms with Crippen LogP contribution in [0.3, 0.4) is 0 Å². The number of hydrogen-bond acceptors (Lipinski definition) is 1. The highest BCUT2D eigenvalue weighted by Gasteiger charge is 2.21. The van der Waals surface area contributed by atoms with Crippen molar-refractivity contribution in [2.75, 3.05) is 0 Å². The summed E-state index contributed by atoms with van der Waals surface area (Å²) in [6.07, 6.45) is 8.25. The Bertz CT molecular complexity index is 308. The second-order valence-corrected chi connectivity index (χ2v) is 8.05. The average Bonchev–Trinajstić information content (AvgIpc) is 2.50. The minimum absolute atomic E-state index is 0.737. The Hall–Kier alpha value is 0.660. The minimum atomic E-state index is 0.737. The van der Waals surface area contributed by atoms with Gasteiger partial charge in [-0.25, -0.2) is 0 Å². The fourth-order valence-corrected chi connectivity index (χ4v) is 4.64. The van der Waals surface area contributed by atoms with Crippen molar-refractivity contribution in [3.8, 4) is 0 Å². The molecule has 84 valence electrons. The molecule has 1 aromatic rings. The third kappa shape index (κ3) is 3.57. The number of thiophene rings is 1. The van der Waals surface area contributed by atoms with Gasteiger partial charge in [0.1, 0.15) is 0 Å². The minimum Gasteiger partial charge on any atom is -0.133 e. The molecular formula is C12H16Br2S. The maximum atomic E-state index is 3.86. The van der Waals surface area contributed by atoms with E-state index in [0.717, 1.165) is 10.7 Å². The van der Waals surface area contributed by atoms with Gasteiger partial charge in [-0.1, -0.05) is 35.2 Å². The molecule has 0 radical (unpaired) electrons. The molecule has 0 amide bonds. The molecule has 3 heteroatoms. The van der Waals surface area contributed by atoms with Crippen molar-refractivity contribution in [2.24, 2.45) is 5.92 Å². The molecule has 0 spiro atoms. The van der Waals surface area contributed by atoms with Crippen LogP contribution in [0.5, 0.6) is 0 Å². The van der Waals surface area contributed by atoms with Crippen LogP contribution in [0, 0.1) is 5.92 Å². The van der Waals surface area contributed by atoms with Gasteiger partial charge < -0.3 is 0 Å². The number of alkyl halides is 1. The molecule has 1 aliphatic rings. The van der Waals surface area contributed by atoms with Gasteiger partial charge in [-0.2, -0.15) is 0 Å². The lowest BCUT2D eigenvalue weighted by Crippen LogP contribution is -2.14. The zero-order chi connectivity index (χ0) is 10.7. The molecule has 1 fully saturated rings. The predicted molar refractivity (Wildman–Crippen MR) is 75.0 cm³/mol. The highest BCUT2D eigenvalue weighted by atomic mass is 79.9. The van der Waals surface area contributed by atoms with Crippen LogP contribution in [0.4, 0.5) is 0 Å². The molecule has 1 heterocycles. The molecule has 1 aliphatic carbocycles. The van der Waals surface area contributed by atoms with Gasteiger partial charge in [0.15, 0.2) is 0 Å². The smallest absolute Gasteiger partial charge is 0.0701 e. The molecule has 1 aromatic heterocycles. The monoisotopic (exact) mass is 350 g/mol. The lowest BCUT2D eigenvalue weighted by atomic mass is 9.96. The van der Waals surface area contributed by atoms with Crippen molar-refractivity contribution < 1.29 is 0 Å². The summed E-state index contributed by atoms with van der Waals surface area (Å²) in [6, 6.07) is 4.43. The molecule has 0 N–H and O–H groups in total. The lowest BCUT2D eigenvalue weighted by molar-refractivity contribution is 0.479. The maximum Gasteiger partial charge on any atom is 0.0701 e. The summed E-state index contributed by atoms with van der Waals surface area (Å²) in [5.41, 5.74) is 0. The van der Waals surface area contributed by atoms with Gasteiger partial charge in [0.25, 0.3) is 0 Å². The summed E-state index contributed by atoms with van der Waals surface area (Å²) < 4.78 is 1.26. The summed E-state index contributed by atoms with van der Waals surface area (Å²) in [6.45, 7) is 0. The summed E-state index contributed by atoms with van der Waals surface area (Å²) in [5, 5.41) is 0. The van der Waals surface area contributed by atoms with E-state index in [1.54, 1.807) is 0 Å². The van der Waals surface area contributed by atoms with Gasteiger partial charge in [-0.3, -0.25) is 0 Å². The van der Waals surface area contributed by atoms with Crippen molar-refractivity contribution in [1.29, 1.82) is 0 Å². The van der Waals surface area contributed by atoms with Gasteiger partial charge in [-0.05, 0) is 53.2 Å². The standard InChI is InChI=1S/C12H16Br2S/c13-11-5-3-1-2-4-9(11)8-10-6-7-12(14)15-10/h6-7,9,11H,1-5,8H2. The first-order valence-electron chi connectivity index (χ1n) is 5.64. The topological polar surface area (TPSA) is 0 Å². The summed E-state index contributed by atoms with van der Waals surface area (Å²) in [5.74, 6) is 0.845. The average molecular weight is 352 g/mol. The van der Waals surface area contributed by atoms with Crippen LogP contribution in [-0.4, -0.2) is 4.83 Å². The SMILES string of the molecule is Brc1ccc(CC2CCCCCC2Br)s1. The van der Waals surface area contributed by atoms with Crippen molar-refractivity contribution >= 4 is 43.2 Å². The molecule has 2 atom stereocenters. The van der Waals surface area contributed by atoms with Crippen LogP contribution < -0.4 is 0 Å². The molecular weight excluding hydrogens is 336 g/mol. The molecule has 0 nitrogen and oxygen atoms in total. The number of halogens is 2. The van der Waals surface area contributed by atoms with Crippen molar-refractivity contribution in [3.63, 3.8) is 0 Å². The van der Waals surface area contributed by atoms with Crippen LogP contribution in [-0.2, 0) is 6.42 Å². The fraction of sp³-hybridized carbons (Fsp3) is 0.667. The van der Waals surface area contributed by atoms with Gasteiger partial charge >= 0.3 is 0 Å². The van der Waals surface area contributed by atoms with E-state index in [-0.39, 0.29) is 0 Å². The van der Waals surface area contributed by atoms with Crippen LogP contribution >= 0.6 is 43.2 Å². The fourth-order valence-electron chi connectivity index (χ4n) is 2.29. The second kappa shape index (κ2) is 5.83. The van der Waals surface area contributed by atoms with Crippen molar-refractivity contribution in [1.82, 2.24) is 0 Å². The molecule has 2 unspecified atom stereocenters. The molecule has 0 aromatic carbocycles. The third-order valence-corrected chi connectivity index (χ3v) is 6.01. The van der Waals surface area contributed by atoms with E-state index in [4.69, 9.17) is 0 Å². The van der Waals surface area contributed by atoms with Crippen molar-refractivity contribution in [2.45, 2.75) is 43.4 Å². The Kier molecular flexibility index (Phi) is 4.71. The van der Waals surface area contributed by atoms with Gasteiger partial charge in [0.05, 0.1) is 3.79 Å². The Morgan fingerprint density at radius 2 is 2.00 bits per heavy atom. The zero-order valence-electron chi connectivity index (χ0n) is 8.72. The van der Waals surface area contributed by atoms with E-state index in [2.05, 4.69) is 44.0 Å². The molecule has 2 rings (SSSR count). The number of hydrogen-bond donors (Lipinski definition) is 0. The van der Waals surface area contributed by atoms with Gasteiger partial charge in [-0.15, -0.1) is 11.3 Å². The highest BCUT2D eigenvalue weighted by Crippen LogP contribution is 2.33. The Labute approximate surface area is 113 Å². The normalized spacial score (nSPS) is 27.6. The van der Waals surface area contributed by atoms with Crippen molar-refractivity contribution in [3.05, 3.63) is 20.8 Å². The first-order valence-corrected chi connectivity index (χ1v) is 8.16. The maximum absolute atomic E-state index is 3.86. The van der Waals surface area contributed by atoms with E-state index in [1.165, 1.54) is 47.2 Å². The second-order valence-electron chi connectivity index (χ2n) is 4.32. The zero-order valence-corrected chi connectivity index (χ0v) is 12.7. The number of rotatable bonds is 2. The first-order chi connectivity index (χ1) is 7.25. The summed E-state index contributed by atoms with van der Waals surface area (Å²) >= 11 is 9.28. The molecule has 1 saturated carbocycles. The van der Waals surface area contributed by atoms with Crippen LogP contribution in [0.1, 0.15) is 37.0 Å². The Morgan fingerprint density at radius 3 is 2.73 bits per heavy atom.